The predicted molar refractivity (Wildman–Crippen MR) is 102 cm³/mol. The molecule has 0 N–H and O–H groups in total. The van der Waals surface area contributed by atoms with Gasteiger partial charge in [-0.15, -0.1) is 0 Å². The molecule has 0 bridgehead atoms. The van der Waals surface area contributed by atoms with Gasteiger partial charge in [0.2, 0.25) is 11.8 Å². The Morgan fingerprint density at radius 1 is 0.654 bits per heavy atom. The zero-order chi connectivity index (χ0) is 18.8. The molecule has 0 radical (unpaired) electrons. The Kier molecular flexibility index (Phi) is 9.09. The van der Waals surface area contributed by atoms with E-state index in [2.05, 4.69) is 4.90 Å². The van der Waals surface area contributed by atoms with Crippen LogP contribution in [-0.2, 0) is 14.4 Å². The fraction of sp³-hybridized carbons (Fsp3) is 0.850. The predicted octanol–water partition coefficient (Wildman–Crippen LogP) is 2.07. The van der Waals surface area contributed by atoms with Gasteiger partial charge in [0, 0.05) is 52.1 Å². The van der Waals surface area contributed by atoms with Crippen LogP contribution in [0.2, 0.25) is 0 Å². The Morgan fingerprint density at radius 3 is 1.96 bits per heavy atom. The molecule has 0 unspecified atom stereocenters. The standard InChI is InChI=1S/C20H35N3O3/c1-18(24)9-4-2-3-5-10-19(25)23-14-8-11-21(15-16-23)17-20(26)22-12-6-7-13-22/h2-17H2,1H3. The van der Waals surface area contributed by atoms with Gasteiger partial charge in [-0.2, -0.15) is 0 Å². The van der Waals surface area contributed by atoms with Crippen molar-refractivity contribution in [1.29, 1.82) is 0 Å². The maximum absolute atomic E-state index is 12.4. The van der Waals surface area contributed by atoms with E-state index in [-0.39, 0.29) is 17.6 Å². The summed E-state index contributed by atoms with van der Waals surface area (Å²) in [7, 11) is 0. The van der Waals surface area contributed by atoms with E-state index in [1.54, 1.807) is 6.92 Å². The van der Waals surface area contributed by atoms with Crippen LogP contribution in [0.4, 0.5) is 0 Å². The van der Waals surface area contributed by atoms with Crippen molar-refractivity contribution in [2.24, 2.45) is 0 Å². The summed E-state index contributed by atoms with van der Waals surface area (Å²) in [6.45, 7) is 7.17. The van der Waals surface area contributed by atoms with Crippen molar-refractivity contribution >= 4 is 17.6 Å². The number of carbonyl (C=O) groups is 3. The van der Waals surface area contributed by atoms with E-state index in [4.69, 9.17) is 0 Å². The van der Waals surface area contributed by atoms with Gasteiger partial charge in [-0.25, -0.2) is 0 Å². The Morgan fingerprint density at radius 2 is 1.27 bits per heavy atom. The third-order valence-corrected chi connectivity index (χ3v) is 5.43. The van der Waals surface area contributed by atoms with Gasteiger partial charge in [0.05, 0.1) is 6.54 Å². The number of likely N-dealkylation sites (tertiary alicyclic amines) is 1. The van der Waals surface area contributed by atoms with Crippen LogP contribution < -0.4 is 0 Å². The zero-order valence-corrected chi connectivity index (χ0v) is 16.4. The van der Waals surface area contributed by atoms with Crippen molar-refractivity contribution in [3.63, 3.8) is 0 Å². The van der Waals surface area contributed by atoms with Crippen molar-refractivity contribution in [1.82, 2.24) is 14.7 Å². The minimum Gasteiger partial charge on any atom is -0.342 e. The van der Waals surface area contributed by atoms with Crippen LogP contribution in [-0.4, -0.2) is 78.1 Å². The number of nitrogens with zero attached hydrogens (tertiary/aromatic N) is 3. The summed E-state index contributed by atoms with van der Waals surface area (Å²) in [6.07, 6.45) is 8.35. The van der Waals surface area contributed by atoms with E-state index in [0.29, 0.717) is 19.4 Å². The SMILES string of the molecule is CC(=O)CCCCCCC(=O)N1CCCN(CC(=O)N2CCCC2)CC1. The van der Waals surface area contributed by atoms with E-state index >= 15 is 0 Å². The number of amides is 2. The van der Waals surface area contributed by atoms with Gasteiger partial charge in [0.15, 0.2) is 0 Å². The normalized spacial score (nSPS) is 18.8. The number of ketones is 1. The van der Waals surface area contributed by atoms with Gasteiger partial charge in [0.1, 0.15) is 5.78 Å². The first-order valence-electron chi connectivity index (χ1n) is 10.3. The number of rotatable bonds is 9. The average molecular weight is 366 g/mol. The maximum atomic E-state index is 12.4. The van der Waals surface area contributed by atoms with Crippen molar-refractivity contribution in [3.05, 3.63) is 0 Å². The molecular formula is C20H35N3O3. The molecule has 0 atom stereocenters. The molecule has 2 aliphatic rings. The fourth-order valence-corrected chi connectivity index (χ4v) is 3.80. The molecule has 26 heavy (non-hydrogen) atoms. The molecule has 0 saturated carbocycles. The highest BCUT2D eigenvalue weighted by Gasteiger charge is 2.23. The van der Waals surface area contributed by atoms with Crippen molar-refractivity contribution in [2.75, 3.05) is 45.8 Å². The van der Waals surface area contributed by atoms with Crippen LogP contribution in [0.3, 0.4) is 0 Å². The minimum absolute atomic E-state index is 0.240. The summed E-state index contributed by atoms with van der Waals surface area (Å²) in [6, 6.07) is 0. The topological polar surface area (TPSA) is 60.9 Å². The summed E-state index contributed by atoms with van der Waals surface area (Å²) in [5, 5.41) is 0. The molecular weight excluding hydrogens is 330 g/mol. The van der Waals surface area contributed by atoms with Gasteiger partial charge in [0.25, 0.3) is 0 Å². The average Bonchev–Trinajstić information content (AvgIpc) is 3.05. The van der Waals surface area contributed by atoms with Crippen LogP contribution >= 0.6 is 0 Å². The van der Waals surface area contributed by atoms with Gasteiger partial charge in [-0.3, -0.25) is 14.5 Å². The number of hydrogen-bond donors (Lipinski definition) is 0. The molecule has 2 amide bonds. The number of unbranched alkanes of at least 4 members (excludes halogenated alkanes) is 3. The van der Waals surface area contributed by atoms with Gasteiger partial charge in [-0.05, 0) is 39.0 Å². The highest BCUT2D eigenvalue weighted by atomic mass is 16.2. The van der Waals surface area contributed by atoms with E-state index in [1.165, 1.54) is 0 Å². The fourth-order valence-electron chi connectivity index (χ4n) is 3.80. The molecule has 2 aliphatic heterocycles. The van der Waals surface area contributed by atoms with Crippen LogP contribution in [0, 0.1) is 0 Å². The Labute approximate surface area is 157 Å². The first-order valence-corrected chi connectivity index (χ1v) is 10.3. The second-order valence-electron chi connectivity index (χ2n) is 7.71. The third kappa shape index (κ3) is 7.44. The molecule has 2 rings (SSSR count). The smallest absolute Gasteiger partial charge is 0.236 e. The molecule has 6 nitrogen and oxygen atoms in total. The number of carbonyl (C=O) groups excluding carboxylic acids is 3. The second-order valence-corrected chi connectivity index (χ2v) is 7.71. The van der Waals surface area contributed by atoms with E-state index in [0.717, 1.165) is 84.2 Å². The number of hydrogen-bond acceptors (Lipinski definition) is 4. The lowest BCUT2D eigenvalue weighted by atomic mass is 10.1. The highest BCUT2D eigenvalue weighted by molar-refractivity contribution is 5.78. The molecule has 0 aromatic heterocycles. The molecule has 0 aliphatic carbocycles. The molecule has 2 heterocycles. The first-order chi connectivity index (χ1) is 12.6. The van der Waals surface area contributed by atoms with Crippen molar-refractivity contribution in [3.8, 4) is 0 Å². The van der Waals surface area contributed by atoms with E-state index < -0.39 is 0 Å². The first kappa shape index (κ1) is 20.9. The summed E-state index contributed by atoms with van der Waals surface area (Å²) >= 11 is 0. The van der Waals surface area contributed by atoms with Crippen LogP contribution in [0.25, 0.3) is 0 Å². The van der Waals surface area contributed by atoms with Gasteiger partial charge >= 0.3 is 0 Å². The van der Waals surface area contributed by atoms with E-state index in [1.807, 2.05) is 9.80 Å². The molecule has 2 fully saturated rings. The lowest BCUT2D eigenvalue weighted by molar-refractivity contribution is -0.131. The monoisotopic (exact) mass is 365 g/mol. The van der Waals surface area contributed by atoms with Crippen LogP contribution in [0.1, 0.15) is 64.7 Å². The summed E-state index contributed by atoms with van der Waals surface area (Å²) in [4.78, 5) is 41.7. The maximum Gasteiger partial charge on any atom is 0.236 e. The molecule has 2 saturated heterocycles. The molecule has 148 valence electrons. The summed E-state index contributed by atoms with van der Waals surface area (Å²) in [5.74, 6) is 0.732. The zero-order valence-electron chi connectivity index (χ0n) is 16.4. The van der Waals surface area contributed by atoms with Crippen LogP contribution in [0.5, 0.6) is 0 Å². The Balaban J connectivity index is 1.61. The lowest BCUT2D eigenvalue weighted by Gasteiger charge is -2.24. The lowest BCUT2D eigenvalue weighted by Crippen LogP contribution is -2.41. The number of Topliss-reactive ketones (excluding diaryl/α,β-unsaturated/α-hetero) is 1. The minimum atomic E-state index is 0.240. The highest BCUT2D eigenvalue weighted by Crippen LogP contribution is 2.12. The molecule has 6 heteroatoms. The molecule has 0 spiro atoms. The van der Waals surface area contributed by atoms with Gasteiger partial charge in [-0.1, -0.05) is 12.8 Å². The Hall–Kier alpha value is -1.43. The Bertz CT molecular complexity index is 475. The second kappa shape index (κ2) is 11.3. The van der Waals surface area contributed by atoms with Crippen LogP contribution in [0.15, 0.2) is 0 Å². The third-order valence-electron chi connectivity index (χ3n) is 5.43. The quantitative estimate of drug-likeness (QED) is 0.587. The summed E-state index contributed by atoms with van der Waals surface area (Å²) < 4.78 is 0. The van der Waals surface area contributed by atoms with Crippen molar-refractivity contribution < 1.29 is 14.4 Å². The molecule has 0 aromatic carbocycles. The largest absolute Gasteiger partial charge is 0.342 e. The summed E-state index contributed by atoms with van der Waals surface area (Å²) in [5.41, 5.74) is 0. The van der Waals surface area contributed by atoms with Crippen molar-refractivity contribution in [2.45, 2.75) is 64.7 Å². The van der Waals surface area contributed by atoms with E-state index in [9.17, 15) is 14.4 Å². The van der Waals surface area contributed by atoms with Gasteiger partial charge < -0.3 is 14.6 Å². The molecule has 0 aromatic rings.